The number of likely N-dealkylation sites (tertiary alicyclic amines) is 1. The Morgan fingerprint density at radius 1 is 1.12 bits per heavy atom. The van der Waals surface area contributed by atoms with Crippen molar-refractivity contribution in [2.75, 3.05) is 25.6 Å². The van der Waals surface area contributed by atoms with Gasteiger partial charge < -0.3 is 15.0 Å². The van der Waals surface area contributed by atoms with Crippen LogP contribution in [0.25, 0.3) is 10.8 Å². The van der Waals surface area contributed by atoms with E-state index in [1.165, 1.54) is 0 Å². The second-order valence-corrected chi connectivity index (χ2v) is 6.44. The van der Waals surface area contributed by atoms with E-state index in [9.17, 15) is 9.59 Å². The molecule has 1 heterocycles. The van der Waals surface area contributed by atoms with Crippen LogP contribution in [0, 0.1) is 0 Å². The summed E-state index contributed by atoms with van der Waals surface area (Å²) in [5, 5.41) is 5.09. The summed E-state index contributed by atoms with van der Waals surface area (Å²) in [5.74, 6) is 0.225. The Balaban J connectivity index is 1.58. The molecule has 3 rings (SSSR count). The molecule has 1 aliphatic heterocycles. The lowest BCUT2D eigenvalue weighted by Crippen LogP contribution is -2.46. The van der Waals surface area contributed by atoms with E-state index in [0.29, 0.717) is 37.4 Å². The fourth-order valence-corrected chi connectivity index (χ4v) is 3.19. The minimum atomic E-state index is -0.334. The summed E-state index contributed by atoms with van der Waals surface area (Å²) in [6.45, 7) is 1.36. The van der Waals surface area contributed by atoms with Gasteiger partial charge in [-0.15, -0.1) is 11.6 Å². The molecule has 0 saturated carbocycles. The first-order chi connectivity index (χ1) is 12.2. The van der Waals surface area contributed by atoms with Gasteiger partial charge in [-0.25, -0.2) is 4.79 Å². The number of ether oxygens (including phenoxy) is 1. The van der Waals surface area contributed by atoms with Crippen LogP contribution in [0.2, 0.25) is 0 Å². The molecule has 2 amide bonds. The number of fused-ring (bicyclic) bond motifs is 1. The number of piperidine rings is 1. The molecule has 1 N–H and O–H groups in total. The first-order valence-electron chi connectivity index (χ1n) is 8.45. The molecule has 2 aromatic carbocycles. The van der Waals surface area contributed by atoms with Gasteiger partial charge in [0.25, 0.3) is 5.91 Å². The molecule has 0 aliphatic carbocycles. The lowest BCUT2D eigenvalue weighted by atomic mass is 10.0. The number of carbonyl (C=O) groups excluding carboxylic acids is 2. The van der Waals surface area contributed by atoms with Crippen LogP contribution in [0.1, 0.15) is 23.2 Å². The standard InChI is InChI=1S/C19H21ClN2O3/c20-10-13-25-19(24)22-11-8-15(9-12-22)21-18(23)17-7-3-5-14-4-1-2-6-16(14)17/h1-7,15H,8-13H2,(H,21,23). The molecule has 0 spiro atoms. The third-order valence-electron chi connectivity index (χ3n) is 4.43. The zero-order valence-electron chi connectivity index (χ0n) is 13.9. The van der Waals surface area contributed by atoms with Crippen molar-refractivity contribution in [3.8, 4) is 0 Å². The highest BCUT2D eigenvalue weighted by atomic mass is 35.5. The van der Waals surface area contributed by atoms with Crippen molar-refractivity contribution in [1.82, 2.24) is 10.2 Å². The second-order valence-electron chi connectivity index (χ2n) is 6.06. The minimum Gasteiger partial charge on any atom is -0.448 e. The Morgan fingerprint density at radius 2 is 1.84 bits per heavy atom. The van der Waals surface area contributed by atoms with E-state index in [0.717, 1.165) is 10.8 Å². The van der Waals surface area contributed by atoms with Crippen molar-refractivity contribution in [2.24, 2.45) is 0 Å². The molecule has 1 saturated heterocycles. The third-order valence-corrected chi connectivity index (χ3v) is 4.58. The van der Waals surface area contributed by atoms with E-state index in [4.69, 9.17) is 16.3 Å². The number of halogens is 1. The van der Waals surface area contributed by atoms with E-state index in [1.54, 1.807) is 4.90 Å². The van der Waals surface area contributed by atoms with E-state index >= 15 is 0 Å². The van der Waals surface area contributed by atoms with Gasteiger partial charge in [0.15, 0.2) is 0 Å². The van der Waals surface area contributed by atoms with Crippen LogP contribution < -0.4 is 5.32 Å². The summed E-state index contributed by atoms with van der Waals surface area (Å²) < 4.78 is 5.03. The smallest absolute Gasteiger partial charge is 0.409 e. The van der Waals surface area contributed by atoms with E-state index < -0.39 is 0 Å². The number of hydrogen-bond acceptors (Lipinski definition) is 3. The quantitative estimate of drug-likeness (QED) is 0.850. The maximum Gasteiger partial charge on any atom is 0.409 e. The van der Waals surface area contributed by atoms with Crippen molar-refractivity contribution in [2.45, 2.75) is 18.9 Å². The number of amides is 2. The van der Waals surface area contributed by atoms with Crippen LogP contribution in [0.5, 0.6) is 0 Å². The normalized spacial score (nSPS) is 15.2. The predicted octanol–water partition coefficient (Wildman–Crippen LogP) is 3.41. The highest BCUT2D eigenvalue weighted by molar-refractivity contribution is 6.18. The molecule has 0 unspecified atom stereocenters. The van der Waals surface area contributed by atoms with Gasteiger partial charge in [-0.1, -0.05) is 36.4 Å². The molecular formula is C19H21ClN2O3. The van der Waals surface area contributed by atoms with Crippen LogP contribution in [0.4, 0.5) is 4.79 Å². The van der Waals surface area contributed by atoms with Crippen molar-refractivity contribution < 1.29 is 14.3 Å². The lowest BCUT2D eigenvalue weighted by Gasteiger charge is -2.31. The fourth-order valence-electron chi connectivity index (χ4n) is 3.11. The summed E-state index contributed by atoms with van der Waals surface area (Å²) in [6.07, 6.45) is 1.10. The van der Waals surface area contributed by atoms with Crippen LogP contribution in [-0.2, 0) is 4.74 Å². The van der Waals surface area contributed by atoms with Crippen LogP contribution in [0.3, 0.4) is 0 Å². The molecule has 1 aliphatic rings. The molecule has 1 fully saturated rings. The maximum atomic E-state index is 12.7. The number of benzene rings is 2. The van der Waals surface area contributed by atoms with E-state index in [2.05, 4.69) is 5.32 Å². The Kier molecular flexibility index (Phi) is 5.76. The summed E-state index contributed by atoms with van der Waals surface area (Å²) >= 11 is 5.52. The zero-order chi connectivity index (χ0) is 17.6. The second kappa shape index (κ2) is 8.21. The van der Waals surface area contributed by atoms with Gasteiger partial charge in [0.2, 0.25) is 0 Å². The highest BCUT2D eigenvalue weighted by Gasteiger charge is 2.25. The molecular weight excluding hydrogens is 340 g/mol. The third kappa shape index (κ3) is 4.23. The lowest BCUT2D eigenvalue weighted by molar-refractivity contribution is 0.0863. The SMILES string of the molecule is O=C(NC1CCN(C(=O)OCCCl)CC1)c1cccc2ccccc12. The van der Waals surface area contributed by atoms with Crippen molar-refractivity contribution in [1.29, 1.82) is 0 Å². The number of rotatable bonds is 4. The average Bonchev–Trinajstić information content (AvgIpc) is 2.66. The number of nitrogens with one attached hydrogen (secondary N) is 1. The van der Waals surface area contributed by atoms with Gasteiger partial charge in [0.05, 0.1) is 5.88 Å². The van der Waals surface area contributed by atoms with Gasteiger partial charge in [-0.2, -0.15) is 0 Å². The largest absolute Gasteiger partial charge is 0.448 e. The van der Waals surface area contributed by atoms with Gasteiger partial charge in [0.1, 0.15) is 6.61 Å². The molecule has 2 aromatic rings. The molecule has 132 valence electrons. The van der Waals surface area contributed by atoms with Gasteiger partial charge >= 0.3 is 6.09 Å². The molecule has 0 radical (unpaired) electrons. The molecule has 0 aromatic heterocycles. The summed E-state index contributed by atoms with van der Waals surface area (Å²) in [4.78, 5) is 26.1. The van der Waals surface area contributed by atoms with Crippen molar-refractivity contribution in [3.05, 3.63) is 48.0 Å². The topological polar surface area (TPSA) is 58.6 Å². The van der Waals surface area contributed by atoms with Crippen molar-refractivity contribution >= 4 is 34.4 Å². The van der Waals surface area contributed by atoms with Crippen LogP contribution in [-0.4, -0.2) is 48.5 Å². The molecule has 0 atom stereocenters. The van der Waals surface area contributed by atoms with E-state index in [1.807, 2.05) is 42.5 Å². The highest BCUT2D eigenvalue weighted by Crippen LogP contribution is 2.19. The van der Waals surface area contributed by atoms with Crippen molar-refractivity contribution in [3.63, 3.8) is 0 Å². The van der Waals surface area contributed by atoms with Gasteiger partial charge in [-0.3, -0.25) is 4.79 Å². The molecule has 25 heavy (non-hydrogen) atoms. The molecule has 6 heteroatoms. The van der Waals surface area contributed by atoms with Crippen LogP contribution in [0.15, 0.2) is 42.5 Å². The monoisotopic (exact) mass is 360 g/mol. The first-order valence-corrected chi connectivity index (χ1v) is 8.99. The molecule has 0 bridgehead atoms. The number of hydrogen-bond donors (Lipinski definition) is 1. The summed E-state index contributed by atoms with van der Waals surface area (Å²) in [6, 6.07) is 13.6. The minimum absolute atomic E-state index is 0.0588. The average molecular weight is 361 g/mol. The molecule has 5 nitrogen and oxygen atoms in total. The predicted molar refractivity (Wildman–Crippen MR) is 98.1 cm³/mol. The Bertz CT molecular complexity index is 752. The van der Waals surface area contributed by atoms with E-state index in [-0.39, 0.29) is 24.6 Å². The summed E-state index contributed by atoms with van der Waals surface area (Å²) in [7, 11) is 0. The Labute approximate surface area is 151 Å². The Morgan fingerprint density at radius 3 is 2.60 bits per heavy atom. The first kappa shape index (κ1) is 17.5. The zero-order valence-corrected chi connectivity index (χ0v) is 14.7. The van der Waals surface area contributed by atoms with Crippen LogP contribution >= 0.6 is 11.6 Å². The number of carbonyl (C=O) groups is 2. The number of nitrogens with zero attached hydrogens (tertiary/aromatic N) is 1. The van der Waals surface area contributed by atoms with Gasteiger partial charge in [0, 0.05) is 24.7 Å². The Hall–Kier alpha value is -2.27. The fraction of sp³-hybridized carbons (Fsp3) is 0.368. The maximum absolute atomic E-state index is 12.7. The summed E-state index contributed by atoms with van der Waals surface area (Å²) in [5.41, 5.74) is 0.682. The van der Waals surface area contributed by atoms with Gasteiger partial charge in [-0.05, 0) is 29.7 Å². The number of alkyl halides is 1.